The molecule has 0 aliphatic heterocycles. The predicted molar refractivity (Wildman–Crippen MR) is 367 cm³/mol. The molecule has 0 aliphatic rings. The van der Waals surface area contributed by atoms with E-state index in [4.69, 9.17) is 0 Å². The molecular formula is C84H72N2. The standard InChI is InChI=1S/C84H72N2/c1-5-13-65(14-6-1)21-25-71-37-53-79(54-38-71)85(80-55-39-72(40-56-80)26-22-66-15-7-2-8-16-66)83-61-45-75(46-62-83)31-29-69-33-49-77(50-34-69)78-51-35-70(36-52-78)30-32-76-47-63-84(64-48-76)86(81-57-41-73(42-58-81)27-23-67-17-9-3-10-18-67)82-59-43-74(44-60-82)28-24-68-19-11-4-12-20-68/h1-20,29-64H,21-28H2. The molecule has 0 spiro atoms. The molecule has 0 N–H and O–H groups in total. The van der Waals surface area contributed by atoms with Crippen molar-refractivity contribution in [3.05, 3.63) is 382 Å². The Hall–Kier alpha value is -10.3. The lowest BCUT2D eigenvalue weighted by Crippen LogP contribution is -2.10. The minimum atomic E-state index is 1.01. The lowest BCUT2D eigenvalue weighted by Gasteiger charge is -2.26. The Morgan fingerprint density at radius 2 is 0.326 bits per heavy atom. The van der Waals surface area contributed by atoms with Gasteiger partial charge in [-0.2, -0.15) is 0 Å². The molecule has 0 aromatic heterocycles. The van der Waals surface area contributed by atoms with Crippen LogP contribution in [-0.2, 0) is 51.4 Å². The highest BCUT2D eigenvalue weighted by Gasteiger charge is 2.15. The van der Waals surface area contributed by atoms with Crippen molar-refractivity contribution in [2.75, 3.05) is 9.80 Å². The Bertz CT molecular complexity index is 3600. The van der Waals surface area contributed by atoms with Gasteiger partial charge in [0.15, 0.2) is 0 Å². The van der Waals surface area contributed by atoms with Gasteiger partial charge in [-0.25, -0.2) is 0 Å². The van der Waals surface area contributed by atoms with E-state index in [9.17, 15) is 0 Å². The molecule has 0 radical (unpaired) electrons. The minimum absolute atomic E-state index is 1.01. The highest BCUT2D eigenvalue weighted by molar-refractivity contribution is 5.81. The van der Waals surface area contributed by atoms with Gasteiger partial charge in [0.05, 0.1) is 0 Å². The molecule has 418 valence electrons. The number of hydrogen-bond donors (Lipinski definition) is 0. The number of rotatable bonds is 23. The molecule has 2 heteroatoms. The molecule has 2 nitrogen and oxygen atoms in total. The molecule has 0 saturated heterocycles. The van der Waals surface area contributed by atoms with Crippen LogP contribution < -0.4 is 9.80 Å². The highest BCUT2D eigenvalue weighted by Crippen LogP contribution is 2.37. The highest BCUT2D eigenvalue weighted by atomic mass is 15.1. The molecule has 12 rings (SSSR count). The summed E-state index contributed by atoms with van der Waals surface area (Å²) in [5, 5.41) is 0. The molecule has 0 bridgehead atoms. The quantitative estimate of drug-likeness (QED) is 0.0589. The zero-order valence-corrected chi connectivity index (χ0v) is 48.9. The van der Waals surface area contributed by atoms with E-state index in [1.807, 2.05) is 0 Å². The molecule has 12 aromatic rings. The van der Waals surface area contributed by atoms with Gasteiger partial charge >= 0.3 is 0 Å². The van der Waals surface area contributed by atoms with Crippen LogP contribution in [0.2, 0.25) is 0 Å². The third-order valence-corrected chi connectivity index (χ3v) is 16.4. The van der Waals surface area contributed by atoms with Crippen LogP contribution in [0.1, 0.15) is 66.8 Å². The maximum atomic E-state index is 2.37. The van der Waals surface area contributed by atoms with Crippen molar-refractivity contribution in [3.63, 3.8) is 0 Å². The van der Waals surface area contributed by atoms with Crippen molar-refractivity contribution in [2.24, 2.45) is 0 Å². The van der Waals surface area contributed by atoms with E-state index in [2.05, 4.69) is 350 Å². The van der Waals surface area contributed by atoms with Gasteiger partial charge in [-0.05, 0) is 202 Å². The third-order valence-electron chi connectivity index (χ3n) is 16.4. The van der Waals surface area contributed by atoms with Crippen LogP contribution in [0.15, 0.2) is 315 Å². The van der Waals surface area contributed by atoms with Crippen molar-refractivity contribution < 1.29 is 0 Å². The Morgan fingerprint density at radius 1 is 0.163 bits per heavy atom. The molecule has 0 saturated carbocycles. The summed E-state index contributed by atoms with van der Waals surface area (Å²) in [6, 6.07) is 115. The van der Waals surface area contributed by atoms with E-state index in [0.29, 0.717) is 0 Å². The van der Waals surface area contributed by atoms with Gasteiger partial charge in [0, 0.05) is 34.1 Å². The topological polar surface area (TPSA) is 6.48 Å². The molecule has 12 aromatic carbocycles. The Labute approximate surface area is 510 Å². The predicted octanol–water partition coefficient (Wildman–Crippen LogP) is 21.8. The molecule has 0 unspecified atom stereocenters. The van der Waals surface area contributed by atoms with Gasteiger partial charge < -0.3 is 9.80 Å². The maximum absolute atomic E-state index is 2.37. The van der Waals surface area contributed by atoms with Gasteiger partial charge in [-0.1, -0.05) is 267 Å². The summed E-state index contributed by atoms with van der Waals surface area (Å²) < 4.78 is 0. The summed E-state index contributed by atoms with van der Waals surface area (Å²) in [6.45, 7) is 0. The van der Waals surface area contributed by atoms with Gasteiger partial charge in [0.25, 0.3) is 0 Å². The van der Waals surface area contributed by atoms with Crippen LogP contribution in [0.5, 0.6) is 0 Å². The van der Waals surface area contributed by atoms with Crippen LogP contribution >= 0.6 is 0 Å². The molecule has 0 fully saturated rings. The average molecular weight is 1110 g/mol. The zero-order chi connectivity index (χ0) is 58.0. The molecule has 0 amide bonds. The second-order valence-corrected chi connectivity index (χ2v) is 22.4. The third kappa shape index (κ3) is 15.3. The van der Waals surface area contributed by atoms with Gasteiger partial charge in [0.1, 0.15) is 0 Å². The van der Waals surface area contributed by atoms with Crippen molar-refractivity contribution in [2.45, 2.75) is 51.4 Å². The number of aryl methyl sites for hydroxylation is 8. The van der Waals surface area contributed by atoms with Crippen molar-refractivity contribution in [3.8, 4) is 11.1 Å². The van der Waals surface area contributed by atoms with E-state index in [1.54, 1.807) is 0 Å². The zero-order valence-electron chi connectivity index (χ0n) is 48.9. The molecular weight excluding hydrogens is 1040 g/mol. The Kier molecular flexibility index (Phi) is 18.5. The monoisotopic (exact) mass is 1110 g/mol. The van der Waals surface area contributed by atoms with Gasteiger partial charge in [-0.3, -0.25) is 0 Å². The summed E-state index contributed by atoms with van der Waals surface area (Å²) in [4.78, 5) is 4.74. The summed E-state index contributed by atoms with van der Waals surface area (Å²) in [5.41, 5.74) is 24.7. The van der Waals surface area contributed by atoms with Crippen LogP contribution in [0.4, 0.5) is 34.1 Å². The number of nitrogens with zero attached hydrogens (tertiary/aromatic N) is 2. The fraction of sp³-hybridized carbons (Fsp3) is 0.0952. The molecule has 0 aliphatic carbocycles. The molecule has 0 atom stereocenters. The van der Waals surface area contributed by atoms with Gasteiger partial charge in [0.2, 0.25) is 0 Å². The SMILES string of the molecule is C(=Cc1ccc(N(c2ccc(CCc3ccccc3)cc2)c2ccc(CCc3ccccc3)cc2)cc1)c1ccc(-c2ccc(C=Cc3ccc(N(c4ccc(CCc5ccccc5)cc4)c4ccc(CCc5ccccc5)cc4)cc3)cc2)cc1. The minimum Gasteiger partial charge on any atom is -0.311 e. The summed E-state index contributed by atoms with van der Waals surface area (Å²) >= 11 is 0. The van der Waals surface area contributed by atoms with Crippen LogP contribution in [0.25, 0.3) is 35.4 Å². The van der Waals surface area contributed by atoms with Crippen molar-refractivity contribution in [1.29, 1.82) is 0 Å². The first-order valence-corrected chi connectivity index (χ1v) is 30.5. The summed E-state index contributed by atoms with van der Waals surface area (Å²) in [7, 11) is 0. The second-order valence-electron chi connectivity index (χ2n) is 22.4. The molecule has 86 heavy (non-hydrogen) atoms. The first-order valence-electron chi connectivity index (χ1n) is 30.5. The maximum Gasteiger partial charge on any atom is 0.0462 e. The van der Waals surface area contributed by atoms with E-state index in [1.165, 1.54) is 55.6 Å². The lowest BCUT2D eigenvalue weighted by atomic mass is 10.0. The summed E-state index contributed by atoms with van der Waals surface area (Å²) in [6.07, 6.45) is 17.0. The number of anilines is 6. The first kappa shape index (κ1) is 56.2. The van der Waals surface area contributed by atoms with E-state index in [0.717, 1.165) is 108 Å². The average Bonchev–Trinajstić information content (AvgIpc) is 2.84. The Balaban J connectivity index is 0.685. The number of benzene rings is 12. The fourth-order valence-electron chi connectivity index (χ4n) is 11.3. The smallest absolute Gasteiger partial charge is 0.0462 e. The van der Waals surface area contributed by atoms with E-state index >= 15 is 0 Å². The first-order chi connectivity index (χ1) is 42.6. The van der Waals surface area contributed by atoms with E-state index < -0.39 is 0 Å². The van der Waals surface area contributed by atoms with Crippen LogP contribution in [0.3, 0.4) is 0 Å². The van der Waals surface area contributed by atoms with Crippen LogP contribution in [-0.4, -0.2) is 0 Å². The van der Waals surface area contributed by atoms with Crippen molar-refractivity contribution >= 4 is 58.4 Å². The van der Waals surface area contributed by atoms with Crippen molar-refractivity contribution in [1.82, 2.24) is 0 Å². The second kappa shape index (κ2) is 28.3. The normalized spacial score (nSPS) is 11.3. The van der Waals surface area contributed by atoms with Gasteiger partial charge in [-0.15, -0.1) is 0 Å². The summed E-state index contributed by atoms with van der Waals surface area (Å²) in [5.74, 6) is 0. The Morgan fingerprint density at radius 3 is 0.523 bits per heavy atom. The fourth-order valence-corrected chi connectivity index (χ4v) is 11.3. The van der Waals surface area contributed by atoms with Crippen LogP contribution in [0, 0.1) is 0 Å². The number of hydrogen-bond acceptors (Lipinski definition) is 2. The molecule has 0 heterocycles. The van der Waals surface area contributed by atoms with E-state index in [-0.39, 0.29) is 0 Å². The lowest BCUT2D eigenvalue weighted by molar-refractivity contribution is 0.959. The largest absolute Gasteiger partial charge is 0.311 e.